The number of hydrogen-bond donors (Lipinski definition) is 1. The van der Waals surface area contributed by atoms with Gasteiger partial charge in [-0.15, -0.1) is 0 Å². The van der Waals surface area contributed by atoms with Gasteiger partial charge in [0.15, 0.2) is 5.78 Å². The summed E-state index contributed by atoms with van der Waals surface area (Å²) >= 11 is 6.19. The summed E-state index contributed by atoms with van der Waals surface area (Å²) in [6.45, 7) is 8.32. The molecule has 0 fully saturated rings. The summed E-state index contributed by atoms with van der Waals surface area (Å²) in [7, 11) is 0. The third-order valence-corrected chi connectivity index (χ3v) is 3.68. The maximum atomic E-state index is 12.2. The Labute approximate surface area is 113 Å². The predicted molar refractivity (Wildman–Crippen MR) is 73.9 cm³/mol. The minimum atomic E-state index is -0.783. The lowest BCUT2D eigenvalue weighted by Gasteiger charge is -2.22. The van der Waals surface area contributed by atoms with Crippen LogP contribution in [0.2, 0.25) is 5.02 Å². The summed E-state index contributed by atoms with van der Waals surface area (Å²) in [5.74, 6) is 0.0147. The van der Waals surface area contributed by atoms with E-state index in [0.29, 0.717) is 18.0 Å². The van der Waals surface area contributed by atoms with E-state index in [4.69, 9.17) is 17.3 Å². The van der Waals surface area contributed by atoms with Crippen molar-refractivity contribution >= 4 is 17.4 Å². The lowest BCUT2D eigenvalue weighted by Crippen LogP contribution is -2.45. The number of carbonyl (C=O) groups excluding carboxylic acids is 1. The van der Waals surface area contributed by atoms with E-state index in [1.54, 1.807) is 11.6 Å². The van der Waals surface area contributed by atoms with Crippen LogP contribution < -0.4 is 5.73 Å². The van der Waals surface area contributed by atoms with E-state index in [1.165, 1.54) is 0 Å². The molecule has 0 bridgehead atoms. The third kappa shape index (κ3) is 3.12. The van der Waals surface area contributed by atoms with E-state index in [1.807, 2.05) is 20.8 Å². The summed E-state index contributed by atoms with van der Waals surface area (Å²) in [6.07, 6.45) is 1.82. The number of hydrogen-bond acceptors (Lipinski definition) is 3. The highest BCUT2D eigenvalue weighted by Crippen LogP contribution is 2.23. The largest absolute Gasteiger partial charge is 0.319 e. The lowest BCUT2D eigenvalue weighted by molar-refractivity contribution is -0.123. The van der Waals surface area contributed by atoms with Crippen LogP contribution in [0.1, 0.15) is 45.0 Å². The Balaban J connectivity index is 2.94. The molecule has 0 aromatic carbocycles. The zero-order chi connectivity index (χ0) is 13.9. The van der Waals surface area contributed by atoms with Crippen LogP contribution in [0.15, 0.2) is 0 Å². The molecule has 1 heterocycles. The van der Waals surface area contributed by atoms with Crippen LogP contribution >= 0.6 is 11.6 Å². The van der Waals surface area contributed by atoms with Gasteiger partial charge in [0, 0.05) is 6.54 Å². The van der Waals surface area contributed by atoms with Gasteiger partial charge in [-0.3, -0.25) is 9.48 Å². The van der Waals surface area contributed by atoms with E-state index in [2.05, 4.69) is 5.10 Å². The molecule has 0 spiro atoms. The predicted octanol–water partition coefficient (Wildman–Crippen LogP) is 2.49. The quantitative estimate of drug-likeness (QED) is 0.865. The highest BCUT2D eigenvalue weighted by molar-refractivity contribution is 6.32. The monoisotopic (exact) mass is 271 g/mol. The zero-order valence-electron chi connectivity index (χ0n) is 11.6. The van der Waals surface area contributed by atoms with Crippen molar-refractivity contribution in [2.24, 2.45) is 5.73 Å². The van der Waals surface area contributed by atoms with Gasteiger partial charge in [0.05, 0.1) is 28.4 Å². The van der Waals surface area contributed by atoms with Crippen LogP contribution in [0.4, 0.5) is 0 Å². The lowest BCUT2D eigenvalue weighted by atomic mass is 9.89. The highest BCUT2D eigenvalue weighted by Gasteiger charge is 2.29. The van der Waals surface area contributed by atoms with Gasteiger partial charge in [-0.05, 0) is 27.2 Å². The van der Waals surface area contributed by atoms with Crippen molar-refractivity contribution in [2.45, 2.75) is 59.0 Å². The van der Waals surface area contributed by atoms with Crippen LogP contribution in [0, 0.1) is 6.92 Å². The standard InChI is InChI=1S/C13H22ClN3O/c1-5-7-13(4,15)11(18)8-10-12(14)9(3)16-17(10)6-2/h5-8,15H2,1-4H3. The minimum absolute atomic E-state index is 0.0147. The molecule has 102 valence electrons. The van der Waals surface area contributed by atoms with E-state index in [0.717, 1.165) is 17.8 Å². The molecule has 0 saturated carbocycles. The van der Waals surface area contributed by atoms with Gasteiger partial charge in [-0.1, -0.05) is 24.9 Å². The summed E-state index contributed by atoms with van der Waals surface area (Å²) in [5, 5.41) is 4.88. The Bertz CT molecular complexity index is 438. The number of aromatic nitrogens is 2. The third-order valence-electron chi connectivity index (χ3n) is 3.19. The van der Waals surface area contributed by atoms with Gasteiger partial charge >= 0.3 is 0 Å². The number of nitrogens with zero attached hydrogens (tertiary/aromatic N) is 2. The first-order valence-electron chi connectivity index (χ1n) is 6.37. The van der Waals surface area contributed by atoms with Crippen LogP contribution in [0.3, 0.4) is 0 Å². The second-order valence-electron chi connectivity index (χ2n) is 4.93. The molecule has 1 aromatic heterocycles. The smallest absolute Gasteiger partial charge is 0.158 e. The normalized spacial score (nSPS) is 14.6. The van der Waals surface area contributed by atoms with Gasteiger partial charge in [0.25, 0.3) is 0 Å². The number of ketones is 1. The number of halogens is 1. The summed E-state index contributed by atoms with van der Waals surface area (Å²) < 4.78 is 1.78. The van der Waals surface area contributed by atoms with Gasteiger partial charge in [-0.25, -0.2) is 0 Å². The Morgan fingerprint density at radius 2 is 2.11 bits per heavy atom. The van der Waals surface area contributed by atoms with Crippen molar-refractivity contribution in [3.8, 4) is 0 Å². The van der Waals surface area contributed by atoms with Crippen molar-refractivity contribution in [2.75, 3.05) is 0 Å². The zero-order valence-corrected chi connectivity index (χ0v) is 12.3. The van der Waals surface area contributed by atoms with Gasteiger partial charge < -0.3 is 5.73 Å². The maximum absolute atomic E-state index is 12.2. The van der Waals surface area contributed by atoms with Crippen molar-refractivity contribution < 1.29 is 4.79 Å². The van der Waals surface area contributed by atoms with Crippen LogP contribution in [0.5, 0.6) is 0 Å². The molecule has 1 aromatic rings. The van der Waals surface area contributed by atoms with Crippen LogP contribution in [-0.4, -0.2) is 21.1 Å². The first kappa shape index (κ1) is 15.2. The molecule has 1 unspecified atom stereocenters. The Morgan fingerprint density at radius 1 is 1.50 bits per heavy atom. The first-order chi connectivity index (χ1) is 8.33. The molecule has 0 aliphatic rings. The van der Waals surface area contributed by atoms with Gasteiger partial charge in [-0.2, -0.15) is 5.10 Å². The number of nitrogens with two attached hydrogens (primary N) is 1. The number of aryl methyl sites for hydroxylation is 2. The molecule has 0 aliphatic carbocycles. The van der Waals surface area contributed by atoms with E-state index in [9.17, 15) is 4.79 Å². The van der Waals surface area contributed by atoms with E-state index >= 15 is 0 Å². The van der Waals surface area contributed by atoms with Gasteiger partial charge in [0.1, 0.15) is 0 Å². The van der Waals surface area contributed by atoms with Crippen molar-refractivity contribution in [3.63, 3.8) is 0 Å². The summed E-state index contributed by atoms with van der Waals surface area (Å²) in [4.78, 5) is 12.2. The average Bonchev–Trinajstić information content (AvgIpc) is 2.56. The van der Waals surface area contributed by atoms with Crippen LogP contribution in [-0.2, 0) is 17.8 Å². The average molecular weight is 272 g/mol. The Morgan fingerprint density at radius 3 is 2.61 bits per heavy atom. The number of rotatable bonds is 6. The minimum Gasteiger partial charge on any atom is -0.319 e. The molecule has 1 rings (SSSR count). The number of Topliss-reactive ketones (excluding diaryl/α,β-unsaturated/α-hetero) is 1. The topological polar surface area (TPSA) is 60.9 Å². The summed E-state index contributed by atoms with van der Waals surface area (Å²) in [6, 6.07) is 0. The fraction of sp³-hybridized carbons (Fsp3) is 0.692. The Hall–Kier alpha value is -0.870. The maximum Gasteiger partial charge on any atom is 0.158 e. The Kier molecular flexibility index (Phi) is 4.93. The molecule has 0 aliphatic heterocycles. The molecular formula is C13H22ClN3O. The molecule has 0 saturated heterocycles. The number of carbonyl (C=O) groups is 1. The molecule has 0 amide bonds. The van der Waals surface area contributed by atoms with E-state index < -0.39 is 5.54 Å². The van der Waals surface area contributed by atoms with Crippen molar-refractivity contribution in [3.05, 3.63) is 16.4 Å². The molecule has 2 N–H and O–H groups in total. The molecule has 4 nitrogen and oxygen atoms in total. The molecular weight excluding hydrogens is 250 g/mol. The SMILES string of the molecule is CCCC(C)(N)C(=O)Cc1c(Cl)c(C)nn1CC. The van der Waals surface area contributed by atoms with E-state index in [-0.39, 0.29) is 12.2 Å². The fourth-order valence-corrected chi connectivity index (χ4v) is 2.25. The molecule has 18 heavy (non-hydrogen) atoms. The molecule has 0 radical (unpaired) electrons. The summed E-state index contributed by atoms with van der Waals surface area (Å²) in [5.41, 5.74) is 6.79. The highest BCUT2D eigenvalue weighted by atomic mass is 35.5. The fourth-order valence-electron chi connectivity index (χ4n) is 2.05. The molecule has 5 heteroatoms. The van der Waals surface area contributed by atoms with Crippen LogP contribution in [0.25, 0.3) is 0 Å². The molecule has 1 atom stereocenters. The van der Waals surface area contributed by atoms with Gasteiger partial charge in [0.2, 0.25) is 0 Å². The van der Waals surface area contributed by atoms with Crippen molar-refractivity contribution in [1.82, 2.24) is 9.78 Å². The second-order valence-corrected chi connectivity index (χ2v) is 5.31. The first-order valence-corrected chi connectivity index (χ1v) is 6.75. The second kappa shape index (κ2) is 5.85. The van der Waals surface area contributed by atoms with Crippen molar-refractivity contribution in [1.29, 1.82) is 0 Å².